The molecule has 1 aliphatic rings. The third-order valence-corrected chi connectivity index (χ3v) is 4.01. The molecule has 0 aliphatic heterocycles. The van der Waals surface area contributed by atoms with Gasteiger partial charge in [0.2, 0.25) is 5.91 Å². The maximum atomic E-state index is 12.4. The van der Waals surface area contributed by atoms with Gasteiger partial charge >= 0.3 is 5.97 Å². The number of carboxylic acid groups (broad SMARTS) is 1. The number of benzene rings is 1. The highest BCUT2D eigenvalue weighted by molar-refractivity contribution is 5.85. The van der Waals surface area contributed by atoms with Crippen LogP contribution in [0.2, 0.25) is 0 Å². The van der Waals surface area contributed by atoms with Crippen LogP contribution < -0.4 is 5.32 Å². The molecule has 4 heteroatoms. The summed E-state index contributed by atoms with van der Waals surface area (Å²) in [7, 11) is 0. The number of nitrogens with one attached hydrogen (secondary N) is 1. The lowest BCUT2D eigenvalue weighted by Crippen LogP contribution is -2.40. The van der Waals surface area contributed by atoms with Crippen molar-refractivity contribution in [2.45, 2.75) is 32.2 Å². The van der Waals surface area contributed by atoms with Gasteiger partial charge in [-0.2, -0.15) is 0 Å². The van der Waals surface area contributed by atoms with Crippen LogP contribution in [-0.4, -0.2) is 17.0 Å². The Morgan fingerprint density at radius 3 is 2.38 bits per heavy atom. The van der Waals surface area contributed by atoms with E-state index in [2.05, 4.69) is 5.32 Å². The summed E-state index contributed by atoms with van der Waals surface area (Å²) < 4.78 is 0. The van der Waals surface area contributed by atoms with Crippen molar-refractivity contribution >= 4 is 11.9 Å². The number of hydrogen-bond acceptors (Lipinski definition) is 2. The first-order valence-corrected chi connectivity index (χ1v) is 7.36. The topological polar surface area (TPSA) is 66.4 Å². The van der Waals surface area contributed by atoms with Crippen molar-refractivity contribution in [1.82, 2.24) is 5.32 Å². The van der Waals surface area contributed by atoms with Crippen LogP contribution in [0.25, 0.3) is 0 Å². The van der Waals surface area contributed by atoms with E-state index in [0.717, 1.165) is 12.0 Å². The summed E-state index contributed by atoms with van der Waals surface area (Å²) in [4.78, 5) is 23.7. The van der Waals surface area contributed by atoms with Gasteiger partial charge in [0.15, 0.2) is 0 Å². The summed E-state index contributed by atoms with van der Waals surface area (Å²) in [6.07, 6.45) is 5.43. The number of carbonyl (C=O) groups excluding carboxylic acids is 1. The fraction of sp³-hybridized carbons (Fsp3) is 0.412. The molecular formula is C17H21NO3. The summed E-state index contributed by atoms with van der Waals surface area (Å²) in [5, 5.41) is 12.3. The Hall–Kier alpha value is -2.10. The van der Waals surface area contributed by atoms with E-state index in [1.807, 2.05) is 49.4 Å². The number of hydrogen-bond donors (Lipinski definition) is 2. The van der Waals surface area contributed by atoms with E-state index >= 15 is 0 Å². The maximum absolute atomic E-state index is 12.4. The second-order valence-electron chi connectivity index (χ2n) is 5.37. The average Bonchev–Trinajstić information content (AvgIpc) is 2.53. The SMILES string of the molecule is CCC(NC(=O)C1CC=CCC1C(=O)O)c1ccccc1. The van der Waals surface area contributed by atoms with E-state index in [0.29, 0.717) is 12.8 Å². The number of carbonyl (C=O) groups is 2. The first kappa shape index (κ1) is 15.3. The van der Waals surface area contributed by atoms with E-state index in [-0.39, 0.29) is 11.9 Å². The summed E-state index contributed by atoms with van der Waals surface area (Å²) >= 11 is 0. The van der Waals surface area contributed by atoms with Gasteiger partial charge < -0.3 is 10.4 Å². The molecule has 21 heavy (non-hydrogen) atoms. The first-order valence-electron chi connectivity index (χ1n) is 7.36. The molecule has 1 aliphatic carbocycles. The predicted octanol–water partition coefficient (Wildman–Crippen LogP) is 2.92. The molecule has 3 atom stereocenters. The highest BCUT2D eigenvalue weighted by Crippen LogP contribution is 2.27. The normalized spacial score (nSPS) is 22.5. The standard InChI is InChI=1S/C17H21NO3/c1-2-15(12-8-4-3-5-9-12)18-16(19)13-10-6-7-11-14(13)17(20)21/h3-9,13-15H,2,10-11H2,1H3,(H,18,19)(H,20,21). The minimum absolute atomic E-state index is 0.0703. The van der Waals surface area contributed by atoms with Gasteiger partial charge in [0, 0.05) is 0 Å². The Bertz CT molecular complexity index is 524. The quantitative estimate of drug-likeness (QED) is 0.818. The Labute approximate surface area is 124 Å². The lowest BCUT2D eigenvalue weighted by Gasteiger charge is -2.27. The molecule has 0 saturated carbocycles. The molecule has 0 spiro atoms. The molecule has 3 unspecified atom stereocenters. The van der Waals surface area contributed by atoms with Gasteiger partial charge in [0.1, 0.15) is 0 Å². The second-order valence-corrected chi connectivity index (χ2v) is 5.37. The number of rotatable bonds is 5. The van der Waals surface area contributed by atoms with Gasteiger partial charge in [-0.15, -0.1) is 0 Å². The Balaban J connectivity index is 2.08. The van der Waals surface area contributed by atoms with Gasteiger partial charge in [-0.1, -0.05) is 49.4 Å². The highest BCUT2D eigenvalue weighted by Gasteiger charge is 2.34. The molecule has 0 heterocycles. The molecular weight excluding hydrogens is 266 g/mol. The molecule has 0 radical (unpaired) electrons. The van der Waals surface area contributed by atoms with Crippen LogP contribution in [0.15, 0.2) is 42.5 Å². The Morgan fingerprint density at radius 2 is 1.81 bits per heavy atom. The largest absolute Gasteiger partial charge is 0.481 e. The minimum Gasteiger partial charge on any atom is -0.481 e. The Kier molecular flexibility index (Phi) is 5.14. The number of amides is 1. The summed E-state index contributed by atoms with van der Waals surface area (Å²) in [6, 6.07) is 9.69. The number of carboxylic acids is 1. The van der Waals surface area contributed by atoms with Gasteiger partial charge in [-0.25, -0.2) is 0 Å². The van der Waals surface area contributed by atoms with Crippen LogP contribution >= 0.6 is 0 Å². The Morgan fingerprint density at radius 1 is 1.19 bits per heavy atom. The molecule has 0 saturated heterocycles. The zero-order chi connectivity index (χ0) is 15.2. The van der Waals surface area contributed by atoms with Crippen molar-refractivity contribution in [3.63, 3.8) is 0 Å². The fourth-order valence-corrected chi connectivity index (χ4v) is 2.76. The molecule has 0 fully saturated rings. The van der Waals surface area contributed by atoms with Gasteiger partial charge in [-0.3, -0.25) is 9.59 Å². The van der Waals surface area contributed by atoms with Crippen LogP contribution in [-0.2, 0) is 9.59 Å². The molecule has 112 valence electrons. The average molecular weight is 287 g/mol. The van der Waals surface area contributed by atoms with Crippen LogP contribution in [0.3, 0.4) is 0 Å². The van der Waals surface area contributed by atoms with Gasteiger partial charge in [-0.05, 0) is 24.8 Å². The van der Waals surface area contributed by atoms with E-state index in [1.165, 1.54) is 0 Å². The monoisotopic (exact) mass is 287 g/mol. The molecule has 2 N–H and O–H groups in total. The molecule has 0 bridgehead atoms. The molecule has 1 aromatic rings. The van der Waals surface area contributed by atoms with Crippen LogP contribution in [0.5, 0.6) is 0 Å². The third kappa shape index (κ3) is 3.72. The molecule has 0 aromatic heterocycles. The van der Waals surface area contributed by atoms with Crippen molar-refractivity contribution in [3.05, 3.63) is 48.0 Å². The zero-order valence-electron chi connectivity index (χ0n) is 12.2. The van der Waals surface area contributed by atoms with Crippen molar-refractivity contribution in [3.8, 4) is 0 Å². The lowest BCUT2D eigenvalue weighted by molar-refractivity contribution is -0.147. The van der Waals surface area contributed by atoms with E-state index in [1.54, 1.807) is 0 Å². The van der Waals surface area contributed by atoms with Crippen LogP contribution in [0, 0.1) is 11.8 Å². The number of aliphatic carboxylic acids is 1. The molecule has 2 rings (SSSR count). The van der Waals surface area contributed by atoms with E-state index in [9.17, 15) is 14.7 Å². The maximum Gasteiger partial charge on any atom is 0.307 e. The van der Waals surface area contributed by atoms with Gasteiger partial charge in [0.25, 0.3) is 0 Å². The lowest BCUT2D eigenvalue weighted by atomic mass is 9.82. The number of allylic oxidation sites excluding steroid dienone is 2. The summed E-state index contributed by atoms with van der Waals surface area (Å²) in [5.74, 6) is -2.16. The zero-order valence-corrected chi connectivity index (χ0v) is 12.2. The highest BCUT2D eigenvalue weighted by atomic mass is 16.4. The van der Waals surface area contributed by atoms with Crippen molar-refractivity contribution in [2.75, 3.05) is 0 Å². The molecule has 4 nitrogen and oxygen atoms in total. The smallest absolute Gasteiger partial charge is 0.307 e. The van der Waals surface area contributed by atoms with Crippen molar-refractivity contribution in [1.29, 1.82) is 0 Å². The van der Waals surface area contributed by atoms with Crippen LogP contribution in [0.1, 0.15) is 37.8 Å². The van der Waals surface area contributed by atoms with Crippen LogP contribution in [0.4, 0.5) is 0 Å². The van der Waals surface area contributed by atoms with Crippen molar-refractivity contribution < 1.29 is 14.7 Å². The molecule has 1 amide bonds. The van der Waals surface area contributed by atoms with E-state index in [4.69, 9.17) is 0 Å². The fourth-order valence-electron chi connectivity index (χ4n) is 2.76. The predicted molar refractivity (Wildman–Crippen MR) is 80.6 cm³/mol. The first-order chi connectivity index (χ1) is 10.1. The third-order valence-electron chi connectivity index (χ3n) is 4.01. The summed E-state index contributed by atoms with van der Waals surface area (Å²) in [6.45, 7) is 2.01. The minimum atomic E-state index is -0.896. The second kappa shape index (κ2) is 7.07. The van der Waals surface area contributed by atoms with Crippen molar-refractivity contribution in [2.24, 2.45) is 11.8 Å². The van der Waals surface area contributed by atoms with Gasteiger partial charge in [0.05, 0.1) is 17.9 Å². The van der Waals surface area contributed by atoms with E-state index < -0.39 is 17.8 Å². The summed E-state index contributed by atoms with van der Waals surface area (Å²) in [5.41, 5.74) is 1.05. The molecule has 1 aromatic carbocycles.